The van der Waals surface area contributed by atoms with E-state index in [1.807, 2.05) is 4.90 Å². The molecule has 0 heterocycles. The van der Waals surface area contributed by atoms with Crippen molar-refractivity contribution in [2.45, 2.75) is 44.7 Å². The lowest BCUT2D eigenvalue weighted by atomic mass is 10.2. The number of carbonyl (C=O) groups is 1. The van der Waals surface area contributed by atoms with E-state index < -0.39 is 0 Å². The second-order valence-corrected chi connectivity index (χ2v) is 4.51. The van der Waals surface area contributed by atoms with Gasteiger partial charge in [-0.2, -0.15) is 0 Å². The molecule has 0 aromatic heterocycles. The molecule has 0 spiro atoms. The molecule has 0 N–H and O–H groups in total. The number of carbonyl (C=O) groups excluding carboxylic acids is 1. The molecule has 0 aliphatic heterocycles. The quantitative estimate of drug-likeness (QED) is 0.638. The van der Waals surface area contributed by atoms with Gasteiger partial charge in [-0.05, 0) is 38.5 Å². The van der Waals surface area contributed by atoms with Crippen molar-refractivity contribution in [1.82, 2.24) is 4.90 Å². The molecule has 0 radical (unpaired) electrons. The summed E-state index contributed by atoms with van der Waals surface area (Å²) in [6.45, 7) is 2.17. The maximum Gasteiger partial charge on any atom is 0.237 e. The lowest BCUT2D eigenvalue weighted by Crippen LogP contribution is -2.42. The minimum atomic E-state index is 0.128. The lowest BCUT2D eigenvalue weighted by Gasteiger charge is -2.28. The second-order valence-electron chi connectivity index (χ2n) is 4.24. The van der Waals surface area contributed by atoms with Crippen LogP contribution in [-0.4, -0.2) is 28.8 Å². The molecule has 2 nitrogen and oxygen atoms in total. The third kappa shape index (κ3) is 1.98. The van der Waals surface area contributed by atoms with E-state index in [0.29, 0.717) is 12.1 Å². The molecule has 13 heavy (non-hydrogen) atoms. The highest BCUT2D eigenvalue weighted by Crippen LogP contribution is 2.39. The Morgan fingerprint density at radius 2 is 2.08 bits per heavy atom. The van der Waals surface area contributed by atoms with Gasteiger partial charge in [0.15, 0.2) is 0 Å². The molecule has 0 bridgehead atoms. The number of alkyl halides is 1. The van der Waals surface area contributed by atoms with E-state index in [0.717, 1.165) is 5.92 Å². The van der Waals surface area contributed by atoms with Gasteiger partial charge in [0.25, 0.3) is 0 Å². The van der Waals surface area contributed by atoms with Crippen LogP contribution in [0.15, 0.2) is 0 Å². The first-order valence-corrected chi connectivity index (χ1v) is 5.64. The topological polar surface area (TPSA) is 20.3 Å². The highest BCUT2D eigenvalue weighted by molar-refractivity contribution is 6.27. The Kier molecular flexibility index (Phi) is 2.50. The van der Waals surface area contributed by atoms with Crippen LogP contribution >= 0.6 is 11.6 Å². The minimum Gasteiger partial charge on any atom is -0.336 e. The smallest absolute Gasteiger partial charge is 0.237 e. The lowest BCUT2D eigenvalue weighted by molar-refractivity contribution is -0.131. The first kappa shape index (κ1) is 9.32. The fourth-order valence-corrected chi connectivity index (χ4v) is 2.13. The van der Waals surface area contributed by atoms with Crippen LogP contribution in [0.25, 0.3) is 0 Å². The van der Waals surface area contributed by atoms with E-state index in [-0.39, 0.29) is 11.8 Å². The van der Waals surface area contributed by atoms with E-state index in [1.165, 1.54) is 25.7 Å². The Bertz CT molecular complexity index is 211. The molecule has 2 aliphatic rings. The van der Waals surface area contributed by atoms with Gasteiger partial charge in [0.05, 0.1) is 0 Å². The van der Waals surface area contributed by atoms with Crippen molar-refractivity contribution in [1.29, 1.82) is 0 Å². The molecule has 0 aromatic rings. The predicted octanol–water partition coefficient (Wildman–Crippen LogP) is 2.01. The molecule has 2 saturated carbocycles. The van der Waals surface area contributed by atoms with Crippen molar-refractivity contribution < 1.29 is 4.79 Å². The highest BCUT2D eigenvalue weighted by atomic mass is 35.5. The molecular formula is C10H16ClNO. The van der Waals surface area contributed by atoms with Gasteiger partial charge in [-0.1, -0.05) is 0 Å². The summed E-state index contributed by atoms with van der Waals surface area (Å²) in [4.78, 5) is 13.6. The SMILES string of the molecule is C[C@@H](C1CC1)N(C(=O)CCl)C1CC1. The third-order valence-electron chi connectivity index (χ3n) is 3.09. The van der Waals surface area contributed by atoms with Crippen molar-refractivity contribution in [2.24, 2.45) is 5.92 Å². The molecule has 0 aromatic carbocycles. The monoisotopic (exact) mass is 201 g/mol. The van der Waals surface area contributed by atoms with Crippen molar-refractivity contribution in [3.8, 4) is 0 Å². The van der Waals surface area contributed by atoms with Crippen molar-refractivity contribution in [2.75, 3.05) is 5.88 Å². The number of rotatable bonds is 4. The molecule has 2 aliphatic carbocycles. The fourth-order valence-electron chi connectivity index (χ4n) is 1.99. The number of hydrogen-bond donors (Lipinski definition) is 0. The molecule has 74 valence electrons. The zero-order chi connectivity index (χ0) is 9.42. The zero-order valence-electron chi connectivity index (χ0n) is 8.00. The summed E-state index contributed by atoms with van der Waals surface area (Å²) in [5.41, 5.74) is 0. The van der Waals surface area contributed by atoms with Crippen LogP contribution in [0.1, 0.15) is 32.6 Å². The first-order valence-electron chi connectivity index (χ1n) is 5.11. The highest BCUT2D eigenvalue weighted by Gasteiger charge is 2.41. The maximum absolute atomic E-state index is 11.6. The van der Waals surface area contributed by atoms with Gasteiger partial charge in [-0.3, -0.25) is 4.79 Å². The van der Waals surface area contributed by atoms with Crippen LogP contribution < -0.4 is 0 Å². The second kappa shape index (κ2) is 3.49. The molecular weight excluding hydrogens is 186 g/mol. The Hall–Kier alpha value is -0.240. The average Bonchev–Trinajstić information content (AvgIpc) is 2.96. The molecule has 2 fully saturated rings. The Balaban J connectivity index is 1.98. The summed E-state index contributed by atoms with van der Waals surface area (Å²) in [6, 6.07) is 0.945. The molecule has 1 atom stereocenters. The normalized spacial score (nSPS) is 24.2. The largest absolute Gasteiger partial charge is 0.336 e. The van der Waals surface area contributed by atoms with Gasteiger partial charge >= 0.3 is 0 Å². The van der Waals surface area contributed by atoms with Gasteiger partial charge in [0, 0.05) is 12.1 Å². The summed E-state index contributed by atoms with van der Waals surface area (Å²) in [5, 5.41) is 0. The maximum atomic E-state index is 11.6. The van der Waals surface area contributed by atoms with E-state index in [1.54, 1.807) is 0 Å². The van der Waals surface area contributed by atoms with Gasteiger partial charge < -0.3 is 4.90 Å². The van der Waals surface area contributed by atoms with Gasteiger partial charge in [-0.15, -0.1) is 11.6 Å². The Morgan fingerprint density at radius 3 is 2.46 bits per heavy atom. The van der Waals surface area contributed by atoms with Crippen LogP contribution in [0.2, 0.25) is 0 Å². The van der Waals surface area contributed by atoms with Crippen LogP contribution in [0.5, 0.6) is 0 Å². The Morgan fingerprint density at radius 1 is 1.46 bits per heavy atom. The van der Waals surface area contributed by atoms with Crippen LogP contribution in [0, 0.1) is 5.92 Å². The van der Waals surface area contributed by atoms with Crippen LogP contribution in [0.3, 0.4) is 0 Å². The summed E-state index contributed by atoms with van der Waals surface area (Å²) < 4.78 is 0. The van der Waals surface area contributed by atoms with Gasteiger partial charge in [0.2, 0.25) is 5.91 Å². The van der Waals surface area contributed by atoms with Crippen molar-refractivity contribution in [3.05, 3.63) is 0 Å². The average molecular weight is 202 g/mol. The van der Waals surface area contributed by atoms with E-state index in [2.05, 4.69) is 6.92 Å². The van der Waals surface area contributed by atoms with Crippen molar-refractivity contribution in [3.63, 3.8) is 0 Å². The van der Waals surface area contributed by atoms with Gasteiger partial charge in [0.1, 0.15) is 5.88 Å². The molecule has 0 saturated heterocycles. The predicted molar refractivity (Wildman–Crippen MR) is 52.8 cm³/mol. The Labute approximate surface area is 84.2 Å². The van der Waals surface area contributed by atoms with Gasteiger partial charge in [-0.25, -0.2) is 0 Å². The molecule has 3 heteroatoms. The summed E-state index contributed by atoms with van der Waals surface area (Å²) in [6.07, 6.45) is 4.94. The zero-order valence-corrected chi connectivity index (χ0v) is 8.76. The number of halogens is 1. The summed E-state index contributed by atoms with van der Waals surface area (Å²) in [7, 11) is 0. The summed E-state index contributed by atoms with van der Waals surface area (Å²) in [5.74, 6) is 1.03. The van der Waals surface area contributed by atoms with Crippen LogP contribution in [-0.2, 0) is 4.79 Å². The number of nitrogens with zero attached hydrogens (tertiary/aromatic N) is 1. The molecule has 1 amide bonds. The van der Waals surface area contributed by atoms with Crippen molar-refractivity contribution >= 4 is 17.5 Å². The van der Waals surface area contributed by atoms with E-state index >= 15 is 0 Å². The first-order chi connectivity index (χ1) is 6.24. The standard InChI is InChI=1S/C10H16ClNO/c1-7(8-2-3-8)12(9-4-5-9)10(13)6-11/h7-9H,2-6H2,1H3/t7-/m0/s1. The number of hydrogen-bond acceptors (Lipinski definition) is 1. The minimum absolute atomic E-state index is 0.128. The number of amides is 1. The van der Waals surface area contributed by atoms with E-state index in [9.17, 15) is 4.79 Å². The van der Waals surface area contributed by atoms with Crippen LogP contribution in [0.4, 0.5) is 0 Å². The summed E-state index contributed by atoms with van der Waals surface area (Å²) >= 11 is 5.60. The molecule has 2 rings (SSSR count). The molecule has 0 unspecified atom stereocenters. The third-order valence-corrected chi connectivity index (χ3v) is 3.31. The fraction of sp³-hybridized carbons (Fsp3) is 0.900. The van der Waals surface area contributed by atoms with E-state index in [4.69, 9.17) is 11.6 Å².